The molecule has 1 amide bonds. The van der Waals surface area contributed by atoms with Crippen molar-refractivity contribution in [1.29, 1.82) is 0 Å². The average Bonchev–Trinajstić information content (AvgIpc) is 2.88. The van der Waals surface area contributed by atoms with Crippen LogP contribution in [0.25, 0.3) is 0 Å². The van der Waals surface area contributed by atoms with E-state index >= 15 is 0 Å². The quantitative estimate of drug-likeness (QED) is 0.843. The second-order valence-electron chi connectivity index (χ2n) is 4.33. The maximum absolute atomic E-state index is 13.4. The highest BCUT2D eigenvalue weighted by Crippen LogP contribution is 2.17. The predicted octanol–water partition coefficient (Wildman–Crippen LogP) is 1.30. The van der Waals surface area contributed by atoms with E-state index in [-0.39, 0.29) is 6.54 Å². The third-order valence-corrected chi connectivity index (χ3v) is 2.68. The molecular formula is C13H15F2N5O. The number of amides is 1. The van der Waals surface area contributed by atoms with Crippen LogP contribution in [0.2, 0.25) is 0 Å². The van der Waals surface area contributed by atoms with Crippen molar-refractivity contribution in [3.05, 3.63) is 41.7 Å². The largest absolute Gasteiger partial charge is 0.320 e. The van der Waals surface area contributed by atoms with Gasteiger partial charge in [-0.25, -0.2) is 13.5 Å². The third-order valence-electron chi connectivity index (χ3n) is 2.68. The van der Waals surface area contributed by atoms with Gasteiger partial charge in [0.15, 0.2) is 0 Å². The molecule has 21 heavy (non-hydrogen) atoms. The highest BCUT2D eigenvalue weighted by molar-refractivity contribution is 5.90. The van der Waals surface area contributed by atoms with Gasteiger partial charge in [-0.05, 0) is 18.7 Å². The molecule has 2 N–H and O–H groups in total. The Labute approximate surface area is 120 Å². The minimum Gasteiger partial charge on any atom is -0.320 e. The second kappa shape index (κ2) is 6.89. The third kappa shape index (κ3) is 4.06. The number of hydrogen-bond acceptors (Lipinski definition) is 4. The van der Waals surface area contributed by atoms with Gasteiger partial charge in [0.1, 0.15) is 23.9 Å². The molecule has 0 aliphatic rings. The lowest BCUT2D eigenvalue weighted by Gasteiger charge is -2.07. The van der Waals surface area contributed by atoms with Gasteiger partial charge in [0.05, 0.1) is 11.9 Å². The standard InChI is InChI=1S/C13H15F2N5O/c1-2-16-6-9-7-20(19-18-9)8-12(21)17-13-10(14)4-3-5-11(13)15/h3-5,7,16H,2,6,8H2,1H3,(H,17,21). The van der Waals surface area contributed by atoms with Gasteiger partial charge < -0.3 is 10.6 Å². The molecule has 0 spiro atoms. The van der Waals surface area contributed by atoms with Crippen LogP contribution >= 0.6 is 0 Å². The topological polar surface area (TPSA) is 71.8 Å². The summed E-state index contributed by atoms with van der Waals surface area (Å²) in [6.07, 6.45) is 1.60. The maximum Gasteiger partial charge on any atom is 0.246 e. The zero-order valence-corrected chi connectivity index (χ0v) is 11.4. The number of para-hydroxylation sites is 1. The van der Waals surface area contributed by atoms with Crippen LogP contribution in [0, 0.1) is 11.6 Å². The molecule has 0 radical (unpaired) electrons. The smallest absolute Gasteiger partial charge is 0.246 e. The van der Waals surface area contributed by atoms with E-state index in [1.807, 2.05) is 6.92 Å². The Morgan fingerprint density at radius 3 is 2.71 bits per heavy atom. The number of hydrogen-bond donors (Lipinski definition) is 2. The zero-order valence-electron chi connectivity index (χ0n) is 11.4. The number of halogens is 2. The molecule has 8 heteroatoms. The molecule has 0 atom stereocenters. The molecule has 112 valence electrons. The van der Waals surface area contributed by atoms with Gasteiger partial charge in [-0.1, -0.05) is 18.2 Å². The molecule has 0 unspecified atom stereocenters. The molecule has 1 aromatic heterocycles. The molecule has 0 bridgehead atoms. The predicted molar refractivity (Wildman–Crippen MR) is 72.4 cm³/mol. The van der Waals surface area contributed by atoms with E-state index in [0.717, 1.165) is 18.7 Å². The molecule has 0 saturated heterocycles. The summed E-state index contributed by atoms with van der Waals surface area (Å²) in [4.78, 5) is 11.8. The van der Waals surface area contributed by atoms with E-state index < -0.39 is 23.2 Å². The number of anilines is 1. The lowest BCUT2D eigenvalue weighted by molar-refractivity contribution is -0.117. The van der Waals surface area contributed by atoms with Crippen molar-refractivity contribution in [1.82, 2.24) is 20.3 Å². The Hall–Kier alpha value is -2.35. The van der Waals surface area contributed by atoms with Gasteiger partial charge in [0.25, 0.3) is 0 Å². The Morgan fingerprint density at radius 2 is 2.05 bits per heavy atom. The first-order valence-electron chi connectivity index (χ1n) is 6.43. The summed E-state index contributed by atoms with van der Waals surface area (Å²) in [6.45, 7) is 3.12. The molecule has 0 aliphatic carbocycles. The average molecular weight is 295 g/mol. The zero-order chi connectivity index (χ0) is 15.2. The van der Waals surface area contributed by atoms with Gasteiger partial charge in [-0.15, -0.1) is 5.10 Å². The lowest BCUT2D eigenvalue weighted by atomic mass is 10.3. The van der Waals surface area contributed by atoms with Crippen molar-refractivity contribution < 1.29 is 13.6 Å². The first kappa shape index (κ1) is 15.0. The molecule has 0 aliphatic heterocycles. The van der Waals surface area contributed by atoms with Crippen LogP contribution in [0.3, 0.4) is 0 Å². The normalized spacial score (nSPS) is 10.6. The molecule has 6 nitrogen and oxygen atoms in total. The lowest BCUT2D eigenvalue weighted by Crippen LogP contribution is -2.20. The summed E-state index contributed by atoms with van der Waals surface area (Å²) in [5.74, 6) is -2.23. The Morgan fingerprint density at radius 1 is 1.33 bits per heavy atom. The van der Waals surface area contributed by atoms with Crippen molar-refractivity contribution in [3.8, 4) is 0 Å². The Balaban J connectivity index is 1.97. The summed E-state index contributed by atoms with van der Waals surface area (Å²) >= 11 is 0. The van der Waals surface area contributed by atoms with E-state index in [0.29, 0.717) is 12.2 Å². The van der Waals surface area contributed by atoms with Crippen LogP contribution < -0.4 is 10.6 Å². The van der Waals surface area contributed by atoms with Crippen molar-refractivity contribution in [2.24, 2.45) is 0 Å². The van der Waals surface area contributed by atoms with E-state index in [2.05, 4.69) is 20.9 Å². The highest BCUT2D eigenvalue weighted by atomic mass is 19.1. The van der Waals surface area contributed by atoms with Gasteiger partial charge in [0, 0.05) is 6.54 Å². The number of carbonyl (C=O) groups is 1. The van der Waals surface area contributed by atoms with Gasteiger partial charge >= 0.3 is 0 Å². The number of benzene rings is 1. The van der Waals surface area contributed by atoms with Crippen LogP contribution in [0.15, 0.2) is 24.4 Å². The van der Waals surface area contributed by atoms with Crippen LogP contribution in [-0.2, 0) is 17.9 Å². The van der Waals surface area contributed by atoms with Crippen molar-refractivity contribution in [3.63, 3.8) is 0 Å². The second-order valence-corrected chi connectivity index (χ2v) is 4.33. The minimum atomic E-state index is -0.824. The summed E-state index contributed by atoms with van der Waals surface area (Å²) in [6, 6.07) is 3.37. The number of carbonyl (C=O) groups excluding carboxylic acids is 1. The highest BCUT2D eigenvalue weighted by Gasteiger charge is 2.12. The van der Waals surface area contributed by atoms with E-state index in [1.165, 1.54) is 10.7 Å². The molecule has 2 aromatic rings. The van der Waals surface area contributed by atoms with Crippen LogP contribution in [0.1, 0.15) is 12.6 Å². The van der Waals surface area contributed by atoms with Crippen LogP contribution in [-0.4, -0.2) is 27.4 Å². The molecule has 2 rings (SSSR count). The summed E-state index contributed by atoms with van der Waals surface area (Å²) in [7, 11) is 0. The van der Waals surface area contributed by atoms with E-state index in [9.17, 15) is 13.6 Å². The Bertz CT molecular complexity index is 609. The first-order chi connectivity index (χ1) is 10.1. The maximum atomic E-state index is 13.4. The number of aromatic nitrogens is 3. The molecule has 0 saturated carbocycles. The number of rotatable bonds is 6. The fraction of sp³-hybridized carbons (Fsp3) is 0.308. The molecule has 1 aromatic carbocycles. The summed E-state index contributed by atoms with van der Waals surface area (Å²) in [5, 5.41) is 12.9. The van der Waals surface area contributed by atoms with Crippen molar-refractivity contribution in [2.75, 3.05) is 11.9 Å². The first-order valence-corrected chi connectivity index (χ1v) is 6.43. The fourth-order valence-corrected chi connectivity index (χ4v) is 1.69. The Kier molecular flexibility index (Phi) is 4.94. The van der Waals surface area contributed by atoms with Crippen molar-refractivity contribution in [2.45, 2.75) is 20.0 Å². The summed E-state index contributed by atoms with van der Waals surface area (Å²) in [5.41, 5.74) is 0.220. The van der Waals surface area contributed by atoms with Crippen LogP contribution in [0.5, 0.6) is 0 Å². The number of nitrogens with one attached hydrogen (secondary N) is 2. The monoisotopic (exact) mass is 295 g/mol. The molecule has 0 fully saturated rings. The van der Waals surface area contributed by atoms with Crippen molar-refractivity contribution >= 4 is 11.6 Å². The molecule has 1 heterocycles. The minimum absolute atomic E-state index is 0.174. The van der Waals surface area contributed by atoms with Gasteiger partial charge in [-0.3, -0.25) is 4.79 Å². The number of nitrogens with zero attached hydrogens (tertiary/aromatic N) is 3. The molecular weight excluding hydrogens is 280 g/mol. The SMILES string of the molecule is CCNCc1cn(CC(=O)Nc2c(F)cccc2F)nn1. The fourth-order valence-electron chi connectivity index (χ4n) is 1.69. The van der Waals surface area contributed by atoms with E-state index in [4.69, 9.17) is 0 Å². The van der Waals surface area contributed by atoms with Gasteiger partial charge in [-0.2, -0.15) is 0 Å². The summed E-state index contributed by atoms with van der Waals surface area (Å²) < 4.78 is 28.1. The van der Waals surface area contributed by atoms with Crippen LogP contribution in [0.4, 0.5) is 14.5 Å². The van der Waals surface area contributed by atoms with E-state index in [1.54, 1.807) is 6.20 Å². The van der Waals surface area contributed by atoms with Gasteiger partial charge in [0.2, 0.25) is 5.91 Å².